The van der Waals surface area contributed by atoms with Crippen molar-refractivity contribution >= 4 is 11.6 Å². The van der Waals surface area contributed by atoms with Gasteiger partial charge in [0.1, 0.15) is 0 Å². The summed E-state index contributed by atoms with van der Waals surface area (Å²) in [6, 6.07) is 7.97. The molecule has 0 radical (unpaired) electrons. The van der Waals surface area contributed by atoms with Crippen molar-refractivity contribution in [2.75, 3.05) is 26.8 Å². The van der Waals surface area contributed by atoms with Gasteiger partial charge in [-0.3, -0.25) is 0 Å². The first-order valence-corrected chi connectivity index (χ1v) is 6.30. The van der Waals surface area contributed by atoms with Crippen LogP contribution in [-0.2, 0) is 11.2 Å². The molecule has 3 heteroatoms. The molecule has 0 spiro atoms. The Labute approximate surface area is 109 Å². The van der Waals surface area contributed by atoms with E-state index in [1.165, 1.54) is 5.56 Å². The molecule has 0 unspecified atom stereocenters. The third-order valence-electron chi connectivity index (χ3n) is 2.40. The lowest BCUT2D eigenvalue weighted by Gasteiger charge is -2.00. The minimum Gasteiger partial charge on any atom is -0.383 e. The zero-order valence-electron chi connectivity index (χ0n) is 10.3. The first-order chi connectivity index (χ1) is 8.33. The summed E-state index contributed by atoms with van der Waals surface area (Å²) in [6.45, 7) is 2.69. The van der Waals surface area contributed by atoms with Crippen molar-refractivity contribution in [2.24, 2.45) is 0 Å². The van der Waals surface area contributed by atoms with Gasteiger partial charge in [0.25, 0.3) is 0 Å². The van der Waals surface area contributed by atoms with E-state index in [0.717, 1.165) is 37.6 Å². The number of hydrogen-bond acceptors (Lipinski definition) is 2. The molecule has 0 bridgehead atoms. The van der Waals surface area contributed by atoms with Crippen LogP contribution in [-0.4, -0.2) is 26.8 Å². The van der Waals surface area contributed by atoms with Crippen LogP contribution in [0.1, 0.15) is 12.0 Å². The van der Waals surface area contributed by atoms with Crippen molar-refractivity contribution in [3.8, 4) is 0 Å². The summed E-state index contributed by atoms with van der Waals surface area (Å²) in [6.07, 6.45) is 6.42. The second-order valence-electron chi connectivity index (χ2n) is 3.83. The van der Waals surface area contributed by atoms with Gasteiger partial charge in [-0.1, -0.05) is 35.9 Å². The quantitative estimate of drug-likeness (QED) is 0.568. The number of ether oxygens (including phenoxy) is 1. The van der Waals surface area contributed by atoms with Crippen molar-refractivity contribution < 1.29 is 4.74 Å². The summed E-state index contributed by atoms with van der Waals surface area (Å²) in [5.74, 6) is 0. The van der Waals surface area contributed by atoms with E-state index in [0.29, 0.717) is 0 Å². The molecule has 0 amide bonds. The highest BCUT2D eigenvalue weighted by Gasteiger charge is 1.89. The smallest absolute Gasteiger partial charge is 0.0587 e. The topological polar surface area (TPSA) is 21.3 Å². The molecule has 0 aromatic heterocycles. The number of benzene rings is 1. The largest absolute Gasteiger partial charge is 0.383 e. The van der Waals surface area contributed by atoms with Gasteiger partial charge in [0.2, 0.25) is 0 Å². The van der Waals surface area contributed by atoms with Crippen LogP contribution in [0.3, 0.4) is 0 Å². The van der Waals surface area contributed by atoms with Crippen molar-refractivity contribution in [3.63, 3.8) is 0 Å². The van der Waals surface area contributed by atoms with Crippen LogP contribution in [0, 0.1) is 0 Å². The van der Waals surface area contributed by atoms with E-state index in [2.05, 4.69) is 29.6 Å². The van der Waals surface area contributed by atoms with Crippen LogP contribution < -0.4 is 5.32 Å². The molecule has 0 aliphatic rings. The van der Waals surface area contributed by atoms with Gasteiger partial charge >= 0.3 is 0 Å². The van der Waals surface area contributed by atoms with Crippen LogP contribution >= 0.6 is 11.6 Å². The summed E-state index contributed by atoms with van der Waals surface area (Å²) < 4.78 is 4.95. The molecule has 1 N–H and O–H groups in total. The zero-order valence-corrected chi connectivity index (χ0v) is 11.0. The van der Waals surface area contributed by atoms with Crippen molar-refractivity contribution in [1.82, 2.24) is 5.32 Å². The summed E-state index contributed by atoms with van der Waals surface area (Å²) in [7, 11) is 1.72. The molecule has 1 aromatic carbocycles. The lowest BCUT2D eigenvalue weighted by atomic mass is 10.1. The highest BCUT2D eigenvalue weighted by atomic mass is 35.5. The number of nitrogens with one attached hydrogen (secondary N) is 1. The van der Waals surface area contributed by atoms with Gasteiger partial charge in [0, 0.05) is 18.7 Å². The van der Waals surface area contributed by atoms with Crippen LogP contribution in [0.2, 0.25) is 5.02 Å². The molecule has 0 saturated heterocycles. The Morgan fingerprint density at radius 2 is 1.94 bits per heavy atom. The SMILES string of the molecule is COCCNCCC=CCc1ccc(Cl)cc1. The first-order valence-electron chi connectivity index (χ1n) is 5.92. The predicted molar refractivity (Wildman–Crippen MR) is 73.7 cm³/mol. The molecule has 0 aliphatic heterocycles. The molecule has 0 saturated carbocycles. The second-order valence-corrected chi connectivity index (χ2v) is 4.27. The summed E-state index contributed by atoms with van der Waals surface area (Å²) >= 11 is 5.82. The van der Waals surface area contributed by atoms with E-state index in [1.807, 2.05) is 12.1 Å². The van der Waals surface area contributed by atoms with Gasteiger partial charge in [-0.15, -0.1) is 0 Å². The predicted octanol–water partition coefficient (Wildman–Crippen LogP) is 3.06. The maximum Gasteiger partial charge on any atom is 0.0587 e. The molecule has 17 heavy (non-hydrogen) atoms. The average molecular weight is 254 g/mol. The zero-order chi connectivity index (χ0) is 12.3. The van der Waals surface area contributed by atoms with E-state index >= 15 is 0 Å². The number of hydrogen-bond donors (Lipinski definition) is 1. The summed E-state index contributed by atoms with van der Waals surface area (Å²) in [5, 5.41) is 4.09. The van der Waals surface area contributed by atoms with Crippen molar-refractivity contribution in [3.05, 3.63) is 47.0 Å². The highest BCUT2D eigenvalue weighted by Crippen LogP contribution is 2.10. The van der Waals surface area contributed by atoms with Crippen LogP contribution in [0.4, 0.5) is 0 Å². The van der Waals surface area contributed by atoms with E-state index in [-0.39, 0.29) is 0 Å². The fourth-order valence-corrected chi connectivity index (χ4v) is 1.57. The molecule has 1 aromatic rings. The van der Waals surface area contributed by atoms with E-state index < -0.39 is 0 Å². The van der Waals surface area contributed by atoms with Gasteiger partial charge in [0.15, 0.2) is 0 Å². The van der Waals surface area contributed by atoms with Gasteiger partial charge < -0.3 is 10.1 Å². The maximum absolute atomic E-state index is 5.82. The Kier molecular flexibility index (Phi) is 7.72. The van der Waals surface area contributed by atoms with Crippen LogP contribution in [0.25, 0.3) is 0 Å². The molecule has 0 aliphatic carbocycles. The Morgan fingerprint density at radius 1 is 1.18 bits per heavy atom. The number of halogens is 1. The van der Waals surface area contributed by atoms with Crippen LogP contribution in [0.15, 0.2) is 36.4 Å². The number of rotatable bonds is 8. The molecular weight excluding hydrogens is 234 g/mol. The molecule has 94 valence electrons. The molecular formula is C14H20ClNO. The first kappa shape index (κ1) is 14.2. The van der Waals surface area contributed by atoms with E-state index in [9.17, 15) is 0 Å². The van der Waals surface area contributed by atoms with Gasteiger partial charge in [0.05, 0.1) is 6.61 Å². The molecule has 1 rings (SSSR count). The lowest BCUT2D eigenvalue weighted by Crippen LogP contribution is -2.19. The Bertz CT molecular complexity index is 321. The lowest BCUT2D eigenvalue weighted by molar-refractivity contribution is 0.199. The standard InChI is InChI=1S/C14H20ClNO/c1-17-12-11-16-10-4-2-3-5-13-6-8-14(15)9-7-13/h2-3,6-9,16H,4-5,10-12H2,1H3. The van der Waals surface area contributed by atoms with Gasteiger partial charge in [-0.25, -0.2) is 0 Å². The summed E-state index contributed by atoms with van der Waals surface area (Å²) in [5.41, 5.74) is 1.29. The van der Waals surface area contributed by atoms with E-state index in [4.69, 9.17) is 16.3 Å². The molecule has 2 nitrogen and oxygen atoms in total. The average Bonchev–Trinajstić information content (AvgIpc) is 2.35. The van der Waals surface area contributed by atoms with Crippen LogP contribution in [0.5, 0.6) is 0 Å². The number of allylic oxidation sites excluding steroid dienone is 1. The Morgan fingerprint density at radius 3 is 2.65 bits per heavy atom. The maximum atomic E-state index is 5.82. The summed E-state index contributed by atoms with van der Waals surface area (Å²) in [4.78, 5) is 0. The third kappa shape index (κ3) is 7.16. The third-order valence-corrected chi connectivity index (χ3v) is 2.66. The molecule has 0 fully saturated rings. The Hall–Kier alpha value is -0.830. The van der Waals surface area contributed by atoms with E-state index in [1.54, 1.807) is 7.11 Å². The van der Waals surface area contributed by atoms with Gasteiger partial charge in [-0.05, 0) is 37.1 Å². The minimum absolute atomic E-state index is 0.772. The fourth-order valence-electron chi connectivity index (χ4n) is 1.44. The van der Waals surface area contributed by atoms with Crippen molar-refractivity contribution in [1.29, 1.82) is 0 Å². The molecule has 0 atom stereocenters. The monoisotopic (exact) mass is 253 g/mol. The highest BCUT2D eigenvalue weighted by molar-refractivity contribution is 6.30. The molecule has 0 heterocycles. The Balaban J connectivity index is 2.07. The second kappa shape index (κ2) is 9.23. The fraction of sp³-hybridized carbons (Fsp3) is 0.429. The van der Waals surface area contributed by atoms with Gasteiger partial charge in [-0.2, -0.15) is 0 Å². The minimum atomic E-state index is 0.772. The normalized spacial score (nSPS) is 11.2. The van der Waals surface area contributed by atoms with Crippen molar-refractivity contribution in [2.45, 2.75) is 12.8 Å². The number of methoxy groups -OCH3 is 1.